The second-order valence-electron chi connectivity index (χ2n) is 20.5. The van der Waals surface area contributed by atoms with Crippen molar-refractivity contribution in [1.29, 1.82) is 0 Å². The Balaban J connectivity index is 0.986. The molecule has 346 valence electrons. The molecule has 0 saturated heterocycles. The fourth-order valence-electron chi connectivity index (χ4n) is 12.4. The van der Waals surface area contributed by atoms with E-state index in [9.17, 15) is 0 Å². The fraction of sp³-hybridized carbons (Fsp3) is 0.284. The maximum Gasteiger partial charge on any atom is 0.0541 e. The predicted octanol–water partition coefficient (Wildman–Crippen LogP) is 19.6. The van der Waals surface area contributed by atoms with E-state index < -0.39 is 0 Å². The van der Waals surface area contributed by atoms with Crippen molar-refractivity contribution < 1.29 is 0 Å². The molecule has 0 aliphatic heterocycles. The van der Waals surface area contributed by atoms with Gasteiger partial charge in [0.25, 0.3) is 0 Å². The first-order chi connectivity index (χ1) is 34.0. The van der Waals surface area contributed by atoms with Crippen molar-refractivity contribution in [3.63, 3.8) is 0 Å². The van der Waals surface area contributed by atoms with E-state index in [1.165, 1.54) is 189 Å². The average Bonchev–Trinajstić information content (AvgIpc) is 3.99. The molecule has 0 spiro atoms. The summed E-state index contributed by atoms with van der Waals surface area (Å²) in [4.78, 5) is 0. The molecule has 1 aliphatic rings. The maximum atomic E-state index is 2.63. The molecule has 2 heterocycles. The summed E-state index contributed by atoms with van der Waals surface area (Å²) in [5.41, 5.74) is 21.2. The van der Waals surface area contributed by atoms with Crippen LogP contribution < -0.4 is 0 Å². The van der Waals surface area contributed by atoms with E-state index in [-0.39, 0.29) is 5.41 Å². The fourth-order valence-corrected chi connectivity index (χ4v) is 12.4. The van der Waals surface area contributed by atoms with Crippen molar-refractivity contribution in [3.8, 4) is 44.8 Å². The molecule has 2 nitrogen and oxygen atoms in total. The quantitative estimate of drug-likeness (QED) is 0.0760. The number of aromatic nitrogens is 2. The molecule has 0 saturated carbocycles. The molecule has 11 rings (SSSR count). The van der Waals surface area contributed by atoms with Gasteiger partial charge in [0, 0.05) is 38.3 Å². The van der Waals surface area contributed by atoms with Crippen LogP contribution in [-0.4, -0.2) is 9.13 Å². The molecule has 1 aliphatic carbocycles. The molecule has 2 aromatic heterocycles. The lowest BCUT2D eigenvalue weighted by Gasteiger charge is -2.33. The van der Waals surface area contributed by atoms with Gasteiger partial charge in [0.2, 0.25) is 0 Å². The lowest BCUT2D eigenvalue weighted by Crippen LogP contribution is -2.25. The lowest BCUT2D eigenvalue weighted by atomic mass is 9.70. The van der Waals surface area contributed by atoms with Gasteiger partial charge in [0.1, 0.15) is 0 Å². The summed E-state index contributed by atoms with van der Waals surface area (Å²) in [5, 5.41) is 5.10. The smallest absolute Gasteiger partial charge is 0.0541 e. The minimum atomic E-state index is 0.0445. The van der Waals surface area contributed by atoms with E-state index in [1.807, 2.05) is 0 Å². The molecule has 0 unspecified atom stereocenters. The van der Waals surface area contributed by atoms with Crippen molar-refractivity contribution in [1.82, 2.24) is 9.13 Å². The second kappa shape index (κ2) is 19.4. The van der Waals surface area contributed by atoms with Crippen LogP contribution in [0.2, 0.25) is 0 Å². The number of nitrogens with zero attached hydrogens (tertiary/aromatic N) is 2. The Labute approximate surface area is 410 Å². The number of benzene rings is 8. The van der Waals surface area contributed by atoms with Crippen molar-refractivity contribution in [2.45, 2.75) is 123 Å². The van der Waals surface area contributed by atoms with Crippen molar-refractivity contribution >= 4 is 43.6 Å². The van der Waals surface area contributed by atoms with Crippen LogP contribution in [0.4, 0.5) is 0 Å². The van der Waals surface area contributed by atoms with Gasteiger partial charge in [-0.05, 0) is 143 Å². The Morgan fingerprint density at radius 3 is 1.42 bits per heavy atom. The van der Waals surface area contributed by atoms with Crippen LogP contribution in [0.5, 0.6) is 0 Å². The van der Waals surface area contributed by atoms with Crippen molar-refractivity contribution in [2.24, 2.45) is 0 Å². The Hall–Kier alpha value is -6.64. The van der Waals surface area contributed by atoms with Crippen LogP contribution in [0, 0.1) is 13.8 Å². The third-order valence-electron chi connectivity index (χ3n) is 15.8. The molecule has 0 radical (unpaired) electrons. The minimum absolute atomic E-state index is 0.0445. The zero-order chi connectivity index (χ0) is 46.9. The van der Waals surface area contributed by atoms with E-state index in [1.54, 1.807) is 11.1 Å². The number of rotatable bonds is 18. The van der Waals surface area contributed by atoms with Crippen LogP contribution in [0.1, 0.15) is 126 Å². The highest BCUT2D eigenvalue weighted by Gasteiger charge is 2.42. The molecule has 69 heavy (non-hydrogen) atoms. The van der Waals surface area contributed by atoms with Crippen LogP contribution in [0.15, 0.2) is 170 Å². The Morgan fingerprint density at radius 2 is 0.812 bits per heavy atom. The highest BCUT2D eigenvalue weighted by molar-refractivity contribution is 6.12. The number of aryl methyl sites for hydroxylation is 2. The zero-order valence-electron chi connectivity index (χ0n) is 41.5. The maximum absolute atomic E-state index is 2.63. The predicted molar refractivity (Wildman–Crippen MR) is 298 cm³/mol. The summed E-state index contributed by atoms with van der Waals surface area (Å²) in [6.07, 6.45) is 18.4. The topological polar surface area (TPSA) is 9.86 Å². The summed E-state index contributed by atoms with van der Waals surface area (Å²) < 4.78 is 4.91. The van der Waals surface area contributed by atoms with E-state index in [4.69, 9.17) is 0 Å². The molecule has 8 aromatic carbocycles. The van der Waals surface area contributed by atoms with E-state index in [0.29, 0.717) is 0 Å². The molecule has 0 fully saturated rings. The van der Waals surface area contributed by atoms with Gasteiger partial charge in [-0.25, -0.2) is 0 Å². The molecule has 0 N–H and O–H groups in total. The zero-order valence-corrected chi connectivity index (χ0v) is 41.5. The van der Waals surface area contributed by atoms with Gasteiger partial charge in [-0.15, -0.1) is 0 Å². The molecule has 10 aromatic rings. The van der Waals surface area contributed by atoms with Gasteiger partial charge in [0.15, 0.2) is 0 Å². The largest absolute Gasteiger partial charge is 0.309 e. The second-order valence-corrected chi connectivity index (χ2v) is 20.5. The number of hydrogen-bond acceptors (Lipinski definition) is 0. The summed E-state index contributed by atoms with van der Waals surface area (Å²) in [6.45, 7) is 9.22. The van der Waals surface area contributed by atoms with E-state index in [2.05, 4.69) is 207 Å². The number of para-hydroxylation sites is 3. The SMILES string of the molecule is CCCCCCCCC1(CCCCCCCC)c2cc(C)ccc2-c2ccc(-c3cc(C)cc(-n4c5ccccc5c5cc(-c6ccc7c(c6)c6ccccc6n7-c6ccccc6)ccc54)c3)cc21. The number of fused-ring (bicyclic) bond motifs is 9. The van der Waals surface area contributed by atoms with Gasteiger partial charge < -0.3 is 9.13 Å². The van der Waals surface area contributed by atoms with Crippen molar-refractivity contribution in [3.05, 3.63) is 192 Å². The van der Waals surface area contributed by atoms with Crippen LogP contribution in [-0.2, 0) is 5.41 Å². The third-order valence-corrected chi connectivity index (χ3v) is 15.8. The first kappa shape index (κ1) is 44.8. The Bertz CT molecular complexity index is 3430. The first-order valence-corrected chi connectivity index (χ1v) is 26.5. The Kier molecular flexibility index (Phi) is 12.6. The van der Waals surface area contributed by atoms with Gasteiger partial charge in [0.05, 0.1) is 22.1 Å². The molecular weight excluding hydrogens is 833 g/mol. The summed E-state index contributed by atoms with van der Waals surface area (Å²) in [7, 11) is 0. The van der Waals surface area contributed by atoms with Gasteiger partial charge in [-0.2, -0.15) is 0 Å². The van der Waals surface area contributed by atoms with Gasteiger partial charge >= 0.3 is 0 Å². The molecular formula is C67H68N2. The van der Waals surface area contributed by atoms with E-state index in [0.717, 1.165) is 0 Å². The number of unbranched alkanes of at least 4 members (excludes halogenated alkanes) is 10. The normalized spacial score (nSPS) is 13.0. The molecule has 0 amide bonds. The highest BCUT2D eigenvalue weighted by atomic mass is 15.0. The van der Waals surface area contributed by atoms with E-state index >= 15 is 0 Å². The Morgan fingerprint density at radius 1 is 0.333 bits per heavy atom. The van der Waals surface area contributed by atoms with Gasteiger partial charge in [-0.1, -0.05) is 200 Å². The molecule has 2 heteroatoms. The molecule has 0 bridgehead atoms. The van der Waals surface area contributed by atoms with Crippen molar-refractivity contribution in [2.75, 3.05) is 0 Å². The minimum Gasteiger partial charge on any atom is -0.309 e. The van der Waals surface area contributed by atoms with Crippen LogP contribution >= 0.6 is 0 Å². The summed E-state index contributed by atoms with van der Waals surface area (Å²) in [5.74, 6) is 0. The number of hydrogen-bond donors (Lipinski definition) is 0. The van der Waals surface area contributed by atoms with Gasteiger partial charge in [-0.3, -0.25) is 0 Å². The third kappa shape index (κ3) is 8.30. The monoisotopic (exact) mass is 901 g/mol. The standard InChI is InChI=1S/C67H68N2/c1-5-7-9-11-13-22-38-67(39-23-14-12-10-8-6-2)61-42-47(3)30-34-55(61)56-35-31-51(46-62(56)67)52-40-48(4)41-54(43-52)69-64-29-21-19-27-58(64)60-45-50(33-37-66(60)69)49-32-36-65-59(44-49)57-26-18-20-28-63(57)68(65)53-24-16-15-17-25-53/h15-21,24-37,40-46H,5-14,22-23,38-39H2,1-4H3. The lowest BCUT2D eigenvalue weighted by molar-refractivity contribution is 0.398. The highest BCUT2D eigenvalue weighted by Crippen LogP contribution is 2.55. The summed E-state index contributed by atoms with van der Waals surface area (Å²) >= 11 is 0. The molecule has 0 atom stereocenters. The first-order valence-electron chi connectivity index (χ1n) is 26.5. The van der Waals surface area contributed by atoms with Crippen LogP contribution in [0.3, 0.4) is 0 Å². The average molecular weight is 901 g/mol. The summed E-state index contributed by atoms with van der Waals surface area (Å²) in [6, 6.07) is 64.8. The van der Waals surface area contributed by atoms with Crippen LogP contribution in [0.25, 0.3) is 88.4 Å².